The maximum absolute atomic E-state index is 8.82. The Balaban J connectivity index is 2.73. The van der Waals surface area contributed by atoms with Crippen LogP contribution in [0.2, 0.25) is 0 Å². The normalized spacial score (nSPS) is 12.5. The molecule has 0 saturated carbocycles. The van der Waals surface area contributed by atoms with E-state index in [1.807, 2.05) is 30.3 Å². The molecule has 0 aliphatic heterocycles. The van der Waals surface area contributed by atoms with E-state index in [0.29, 0.717) is 0 Å². The largest absolute Gasteiger partial charge is 0.392 e. The highest BCUT2D eigenvalue weighted by atomic mass is 16.3. The Kier molecular flexibility index (Phi) is 3.68. The number of benzene rings is 1. The van der Waals surface area contributed by atoms with Gasteiger partial charge in [-0.05, 0) is 17.5 Å². The molecule has 0 radical (unpaired) electrons. The number of aliphatic hydroxyl groups is 1. The van der Waals surface area contributed by atoms with E-state index < -0.39 is 0 Å². The van der Waals surface area contributed by atoms with Crippen molar-refractivity contribution in [3.05, 3.63) is 48.0 Å². The van der Waals surface area contributed by atoms with E-state index in [1.165, 1.54) is 0 Å². The van der Waals surface area contributed by atoms with Gasteiger partial charge in [0.1, 0.15) is 0 Å². The van der Waals surface area contributed by atoms with E-state index in [0.717, 1.165) is 17.5 Å². The summed E-state index contributed by atoms with van der Waals surface area (Å²) in [5.74, 6) is 0. The maximum atomic E-state index is 8.82. The van der Waals surface area contributed by atoms with E-state index in [4.69, 9.17) is 10.8 Å². The Morgan fingerprint density at radius 1 is 1.38 bits per heavy atom. The van der Waals surface area contributed by atoms with Crippen LogP contribution in [0.25, 0.3) is 0 Å². The third kappa shape index (κ3) is 2.68. The molecule has 1 rings (SSSR count). The number of aliphatic hydroxyl groups excluding tert-OH is 1. The van der Waals surface area contributed by atoms with Gasteiger partial charge in [-0.3, -0.25) is 0 Å². The van der Waals surface area contributed by atoms with Gasteiger partial charge in [-0.2, -0.15) is 0 Å². The van der Waals surface area contributed by atoms with Crippen molar-refractivity contribution in [1.82, 2.24) is 0 Å². The highest BCUT2D eigenvalue weighted by molar-refractivity contribution is 5.24. The zero-order valence-electron chi connectivity index (χ0n) is 7.61. The number of nitrogens with two attached hydrogens (primary N) is 1. The van der Waals surface area contributed by atoms with Gasteiger partial charge in [0.05, 0.1) is 6.61 Å². The average molecular weight is 177 g/mol. The zero-order valence-corrected chi connectivity index (χ0v) is 7.61. The molecule has 0 unspecified atom stereocenters. The minimum Gasteiger partial charge on any atom is -0.392 e. The van der Waals surface area contributed by atoms with Crippen molar-refractivity contribution >= 4 is 0 Å². The highest BCUT2D eigenvalue weighted by Crippen LogP contribution is 2.14. The highest BCUT2D eigenvalue weighted by Gasteiger charge is 2.02. The summed E-state index contributed by atoms with van der Waals surface area (Å²) in [7, 11) is 0. The fourth-order valence-corrected chi connectivity index (χ4v) is 1.19. The third-order valence-electron chi connectivity index (χ3n) is 2.01. The molecule has 0 saturated heterocycles. The van der Waals surface area contributed by atoms with Crippen LogP contribution < -0.4 is 5.73 Å². The van der Waals surface area contributed by atoms with Crippen LogP contribution in [-0.4, -0.2) is 5.11 Å². The van der Waals surface area contributed by atoms with E-state index in [1.54, 1.807) is 0 Å². The van der Waals surface area contributed by atoms with Gasteiger partial charge in [0.15, 0.2) is 0 Å². The predicted molar refractivity (Wildman–Crippen MR) is 54.1 cm³/mol. The molecule has 0 fully saturated rings. The summed E-state index contributed by atoms with van der Waals surface area (Å²) >= 11 is 0. The van der Waals surface area contributed by atoms with Gasteiger partial charge in [-0.25, -0.2) is 0 Å². The van der Waals surface area contributed by atoms with Crippen molar-refractivity contribution in [2.24, 2.45) is 5.73 Å². The van der Waals surface area contributed by atoms with E-state index in [2.05, 4.69) is 6.58 Å². The van der Waals surface area contributed by atoms with Crippen molar-refractivity contribution in [2.45, 2.75) is 19.1 Å². The predicted octanol–water partition coefficient (Wildman–Crippen LogP) is 1.75. The molecule has 70 valence electrons. The second-order valence-corrected chi connectivity index (χ2v) is 3.03. The molecule has 1 aromatic carbocycles. The zero-order chi connectivity index (χ0) is 9.68. The topological polar surface area (TPSA) is 46.2 Å². The van der Waals surface area contributed by atoms with E-state index in [-0.39, 0.29) is 12.6 Å². The third-order valence-corrected chi connectivity index (χ3v) is 2.01. The molecule has 0 aromatic heterocycles. The van der Waals surface area contributed by atoms with Gasteiger partial charge in [0.25, 0.3) is 0 Å². The lowest BCUT2D eigenvalue weighted by Crippen LogP contribution is -2.08. The van der Waals surface area contributed by atoms with E-state index >= 15 is 0 Å². The lowest BCUT2D eigenvalue weighted by molar-refractivity contribution is 0.282. The second kappa shape index (κ2) is 4.80. The SMILES string of the molecule is C=CC[C@@H](N)c1ccc(CO)cc1. The Hall–Kier alpha value is -1.12. The first-order valence-corrected chi connectivity index (χ1v) is 4.34. The molecule has 0 heterocycles. The Morgan fingerprint density at radius 2 is 2.00 bits per heavy atom. The van der Waals surface area contributed by atoms with Crippen LogP contribution in [0.15, 0.2) is 36.9 Å². The van der Waals surface area contributed by atoms with Crippen LogP contribution in [0.5, 0.6) is 0 Å². The van der Waals surface area contributed by atoms with Crippen LogP contribution in [0.1, 0.15) is 23.6 Å². The molecule has 2 heteroatoms. The average Bonchev–Trinajstić information content (AvgIpc) is 2.18. The second-order valence-electron chi connectivity index (χ2n) is 3.03. The van der Waals surface area contributed by atoms with Crippen LogP contribution in [0.3, 0.4) is 0 Å². The molecule has 13 heavy (non-hydrogen) atoms. The molecule has 0 bridgehead atoms. The number of rotatable bonds is 4. The molecule has 0 amide bonds. The fourth-order valence-electron chi connectivity index (χ4n) is 1.19. The van der Waals surface area contributed by atoms with Gasteiger partial charge in [-0.1, -0.05) is 30.3 Å². The smallest absolute Gasteiger partial charge is 0.0681 e. The molecule has 0 aliphatic carbocycles. The van der Waals surface area contributed by atoms with Crippen molar-refractivity contribution in [1.29, 1.82) is 0 Å². The molecule has 0 spiro atoms. The van der Waals surface area contributed by atoms with Crippen molar-refractivity contribution in [3.63, 3.8) is 0 Å². The monoisotopic (exact) mass is 177 g/mol. The summed E-state index contributed by atoms with van der Waals surface area (Å²) in [6.07, 6.45) is 2.59. The van der Waals surface area contributed by atoms with E-state index in [9.17, 15) is 0 Å². The van der Waals surface area contributed by atoms with Gasteiger partial charge in [0.2, 0.25) is 0 Å². The van der Waals surface area contributed by atoms with Crippen LogP contribution >= 0.6 is 0 Å². The van der Waals surface area contributed by atoms with Crippen molar-refractivity contribution < 1.29 is 5.11 Å². The molecular formula is C11H15NO. The summed E-state index contributed by atoms with van der Waals surface area (Å²) in [5, 5.41) is 8.82. The maximum Gasteiger partial charge on any atom is 0.0681 e. The lowest BCUT2D eigenvalue weighted by Gasteiger charge is -2.09. The van der Waals surface area contributed by atoms with Crippen LogP contribution in [0.4, 0.5) is 0 Å². The Morgan fingerprint density at radius 3 is 2.46 bits per heavy atom. The quantitative estimate of drug-likeness (QED) is 0.688. The summed E-state index contributed by atoms with van der Waals surface area (Å²) < 4.78 is 0. The molecule has 3 N–H and O–H groups in total. The molecule has 1 aromatic rings. The first-order chi connectivity index (χ1) is 6.27. The minimum atomic E-state index is 0.0187. The Labute approximate surface area is 78.7 Å². The molecule has 1 atom stereocenters. The van der Waals surface area contributed by atoms with Crippen molar-refractivity contribution in [3.8, 4) is 0 Å². The van der Waals surface area contributed by atoms with Crippen LogP contribution in [0, 0.1) is 0 Å². The first-order valence-electron chi connectivity index (χ1n) is 4.34. The number of hydrogen-bond donors (Lipinski definition) is 2. The Bertz CT molecular complexity index is 266. The lowest BCUT2D eigenvalue weighted by atomic mass is 10.0. The minimum absolute atomic E-state index is 0.0187. The summed E-state index contributed by atoms with van der Waals surface area (Å²) in [4.78, 5) is 0. The molecular weight excluding hydrogens is 162 g/mol. The van der Waals surface area contributed by atoms with Crippen LogP contribution in [-0.2, 0) is 6.61 Å². The van der Waals surface area contributed by atoms with Gasteiger partial charge in [0, 0.05) is 6.04 Å². The fraction of sp³-hybridized carbons (Fsp3) is 0.273. The number of hydrogen-bond acceptors (Lipinski definition) is 2. The molecule has 2 nitrogen and oxygen atoms in total. The van der Waals surface area contributed by atoms with Gasteiger partial charge >= 0.3 is 0 Å². The molecule has 0 aliphatic rings. The first kappa shape index (κ1) is 9.96. The van der Waals surface area contributed by atoms with Crippen molar-refractivity contribution in [2.75, 3.05) is 0 Å². The van der Waals surface area contributed by atoms with Gasteiger partial charge < -0.3 is 10.8 Å². The summed E-state index contributed by atoms with van der Waals surface area (Å²) in [5.41, 5.74) is 7.86. The summed E-state index contributed by atoms with van der Waals surface area (Å²) in [6, 6.07) is 7.68. The summed E-state index contributed by atoms with van der Waals surface area (Å²) in [6.45, 7) is 3.72. The van der Waals surface area contributed by atoms with Gasteiger partial charge in [-0.15, -0.1) is 6.58 Å². The standard InChI is InChI=1S/C11H15NO/c1-2-3-11(12)10-6-4-9(8-13)5-7-10/h2,4-7,11,13H,1,3,8,12H2/t11-/m1/s1.